The van der Waals surface area contributed by atoms with E-state index in [-0.39, 0.29) is 17.3 Å². The number of carbonyl (C=O) groups is 2. The fraction of sp³-hybridized carbons (Fsp3) is 0.417. The maximum atomic E-state index is 13.8. The number of amides is 1. The van der Waals surface area contributed by atoms with Crippen molar-refractivity contribution in [3.8, 4) is 0 Å². The van der Waals surface area contributed by atoms with Crippen LogP contribution >= 0.6 is 0 Å². The van der Waals surface area contributed by atoms with Crippen molar-refractivity contribution in [1.29, 1.82) is 0 Å². The van der Waals surface area contributed by atoms with Crippen molar-refractivity contribution in [2.45, 2.75) is 58.4 Å². The molecule has 0 bridgehead atoms. The molecule has 2 N–H and O–H groups in total. The number of carbonyl (C=O) groups excluding carboxylic acids is 2. The van der Waals surface area contributed by atoms with Crippen molar-refractivity contribution < 1.29 is 18.4 Å². The normalized spacial score (nSPS) is 14.8. The molecule has 30 heavy (non-hydrogen) atoms. The van der Waals surface area contributed by atoms with Crippen LogP contribution in [0.1, 0.15) is 57.1 Å². The van der Waals surface area contributed by atoms with Crippen LogP contribution in [0.5, 0.6) is 0 Å². The van der Waals surface area contributed by atoms with E-state index in [9.17, 15) is 18.4 Å². The zero-order chi connectivity index (χ0) is 21.8. The first-order chi connectivity index (χ1) is 14.2. The van der Waals surface area contributed by atoms with E-state index in [4.69, 9.17) is 0 Å². The molecule has 0 atom stereocenters. The number of para-hydroxylation sites is 1. The number of ketones is 1. The van der Waals surface area contributed by atoms with Crippen molar-refractivity contribution in [2.24, 2.45) is 5.41 Å². The van der Waals surface area contributed by atoms with E-state index in [0.717, 1.165) is 31.7 Å². The molecule has 2 aromatic rings. The van der Waals surface area contributed by atoms with Gasteiger partial charge in [-0.05, 0) is 43.0 Å². The quantitative estimate of drug-likeness (QED) is 0.524. The van der Waals surface area contributed by atoms with Crippen LogP contribution in [0.15, 0.2) is 48.5 Å². The third kappa shape index (κ3) is 5.43. The molecule has 0 saturated heterocycles. The molecule has 1 amide bonds. The van der Waals surface area contributed by atoms with Crippen molar-refractivity contribution in [3.05, 3.63) is 59.7 Å². The maximum Gasteiger partial charge on any atom is 0.272 e. The highest BCUT2D eigenvalue weighted by atomic mass is 19.3. The van der Waals surface area contributed by atoms with Crippen LogP contribution in [0.4, 0.5) is 20.2 Å². The monoisotopic (exact) mass is 414 g/mol. The zero-order valence-electron chi connectivity index (χ0n) is 17.4. The van der Waals surface area contributed by atoms with E-state index in [0.29, 0.717) is 30.8 Å². The summed E-state index contributed by atoms with van der Waals surface area (Å²) in [6.07, 6.45) is 3.18. The van der Waals surface area contributed by atoms with Gasteiger partial charge < -0.3 is 10.6 Å². The molecular weight excluding hydrogens is 386 g/mol. The van der Waals surface area contributed by atoms with Crippen LogP contribution < -0.4 is 10.6 Å². The molecule has 0 aromatic heterocycles. The Hall–Kier alpha value is -2.76. The van der Waals surface area contributed by atoms with E-state index in [2.05, 4.69) is 10.6 Å². The number of hydrogen-bond donors (Lipinski definition) is 2. The van der Waals surface area contributed by atoms with Crippen LogP contribution in [0.3, 0.4) is 0 Å². The molecule has 4 nitrogen and oxygen atoms in total. The van der Waals surface area contributed by atoms with Crippen molar-refractivity contribution >= 4 is 23.1 Å². The minimum absolute atomic E-state index is 0.0614. The van der Waals surface area contributed by atoms with Gasteiger partial charge in [-0.1, -0.05) is 37.3 Å². The Labute approximate surface area is 176 Å². The second kappa shape index (κ2) is 8.94. The van der Waals surface area contributed by atoms with Crippen LogP contribution in [-0.4, -0.2) is 11.7 Å². The molecule has 1 saturated carbocycles. The Morgan fingerprint density at radius 1 is 1.07 bits per heavy atom. The zero-order valence-corrected chi connectivity index (χ0v) is 17.4. The number of benzene rings is 2. The SMILES string of the molecule is CCCC(=O)CC1(C(=O)NCc2ccc(Nc3ccccc3C(C)(F)F)cc2)CC1. The minimum atomic E-state index is -2.94. The van der Waals surface area contributed by atoms with E-state index in [1.54, 1.807) is 30.3 Å². The molecule has 0 spiro atoms. The first kappa shape index (κ1) is 21.9. The van der Waals surface area contributed by atoms with E-state index >= 15 is 0 Å². The fourth-order valence-electron chi connectivity index (χ4n) is 3.59. The Kier molecular flexibility index (Phi) is 6.54. The third-order valence-electron chi connectivity index (χ3n) is 5.49. The lowest BCUT2D eigenvalue weighted by atomic mass is 9.96. The summed E-state index contributed by atoms with van der Waals surface area (Å²) >= 11 is 0. The number of Topliss-reactive ketones (excluding diaryl/α,β-unsaturated/α-hetero) is 1. The van der Waals surface area contributed by atoms with Crippen LogP contribution in [0.2, 0.25) is 0 Å². The number of nitrogens with one attached hydrogen (secondary N) is 2. The van der Waals surface area contributed by atoms with Crippen LogP contribution in [-0.2, 0) is 22.1 Å². The predicted octanol–water partition coefficient (Wildman–Crippen LogP) is 5.70. The maximum absolute atomic E-state index is 13.8. The second-order valence-corrected chi connectivity index (χ2v) is 8.18. The third-order valence-corrected chi connectivity index (χ3v) is 5.49. The summed E-state index contributed by atoms with van der Waals surface area (Å²) in [6.45, 7) is 3.21. The fourth-order valence-corrected chi connectivity index (χ4v) is 3.59. The number of hydrogen-bond acceptors (Lipinski definition) is 3. The standard InChI is InChI=1S/C24H28F2N2O2/c1-3-6-19(29)15-24(13-14-24)22(30)27-16-17-9-11-18(12-10-17)28-21-8-5-4-7-20(21)23(2,25)26/h4-5,7-12,28H,3,6,13-16H2,1-2H3,(H,27,30). The van der Waals surface area contributed by atoms with Crippen LogP contribution in [0.25, 0.3) is 0 Å². The first-order valence-corrected chi connectivity index (χ1v) is 10.4. The highest BCUT2D eigenvalue weighted by molar-refractivity contribution is 5.91. The van der Waals surface area contributed by atoms with Crippen molar-refractivity contribution in [3.63, 3.8) is 0 Å². The lowest BCUT2D eigenvalue weighted by molar-refractivity contribution is -0.131. The number of rotatable bonds is 10. The molecule has 3 rings (SSSR count). The van der Waals surface area contributed by atoms with Gasteiger partial charge in [-0.15, -0.1) is 0 Å². The molecule has 1 fully saturated rings. The van der Waals surface area contributed by atoms with E-state index in [1.165, 1.54) is 6.07 Å². The molecule has 2 aromatic carbocycles. The van der Waals surface area contributed by atoms with Gasteiger partial charge in [0.15, 0.2) is 0 Å². The van der Waals surface area contributed by atoms with Gasteiger partial charge in [0, 0.05) is 43.2 Å². The highest BCUT2D eigenvalue weighted by Crippen LogP contribution is 2.49. The van der Waals surface area contributed by atoms with E-state index < -0.39 is 11.3 Å². The molecule has 6 heteroatoms. The van der Waals surface area contributed by atoms with Gasteiger partial charge in [0.25, 0.3) is 5.92 Å². The summed E-state index contributed by atoms with van der Waals surface area (Å²) in [5, 5.41) is 5.97. The molecular formula is C24H28F2N2O2. The molecule has 0 heterocycles. The van der Waals surface area contributed by atoms with Gasteiger partial charge in [-0.3, -0.25) is 9.59 Å². The van der Waals surface area contributed by atoms with E-state index in [1.807, 2.05) is 19.1 Å². The lowest BCUT2D eigenvalue weighted by Crippen LogP contribution is -2.33. The van der Waals surface area contributed by atoms with Gasteiger partial charge in [0.05, 0.1) is 5.41 Å². The Morgan fingerprint density at radius 3 is 2.33 bits per heavy atom. The number of anilines is 2. The first-order valence-electron chi connectivity index (χ1n) is 10.4. The van der Waals surface area contributed by atoms with Gasteiger partial charge in [-0.25, -0.2) is 8.78 Å². The topological polar surface area (TPSA) is 58.2 Å². The Balaban J connectivity index is 1.57. The van der Waals surface area contributed by atoms with Crippen molar-refractivity contribution in [1.82, 2.24) is 5.32 Å². The molecule has 0 aliphatic heterocycles. The second-order valence-electron chi connectivity index (χ2n) is 8.18. The van der Waals surface area contributed by atoms with Gasteiger partial charge in [-0.2, -0.15) is 0 Å². The average molecular weight is 414 g/mol. The number of halogens is 2. The predicted molar refractivity (Wildman–Crippen MR) is 114 cm³/mol. The highest BCUT2D eigenvalue weighted by Gasteiger charge is 2.50. The lowest BCUT2D eigenvalue weighted by Gasteiger charge is -2.17. The summed E-state index contributed by atoms with van der Waals surface area (Å²) in [5.41, 5.74) is 1.37. The number of alkyl halides is 2. The summed E-state index contributed by atoms with van der Waals surface area (Å²) in [4.78, 5) is 24.5. The van der Waals surface area contributed by atoms with Gasteiger partial charge in [0.2, 0.25) is 5.91 Å². The smallest absolute Gasteiger partial charge is 0.272 e. The molecule has 1 aliphatic carbocycles. The minimum Gasteiger partial charge on any atom is -0.355 e. The summed E-state index contributed by atoms with van der Waals surface area (Å²) in [6, 6.07) is 13.6. The van der Waals surface area contributed by atoms with Gasteiger partial charge >= 0.3 is 0 Å². The Bertz CT molecular complexity index is 900. The summed E-state index contributed by atoms with van der Waals surface area (Å²) in [5.74, 6) is -2.85. The van der Waals surface area contributed by atoms with Crippen LogP contribution in [0, 0.1) is 5.41 Å². The summed E-state index contributed by atoms with van der Waals surface area (Å²) in [7, 11) is 0. The largest absolute Gasteiger partial charge is 0.355 e. The molecule has 0 unspecified atom stereocenters. The average Bonchev–Trinajstić information content (AvgIpc) is 3.47. The summed E-state index contributed by atoms with van der Waals surface area (Å²) < 4.78 is 27.6. The Morgan fingerprint density at radius 2 is 1.73 bits per heavy atom. The molecule has 160 valence electrons. The molecule has 1 aliphatic rings. The van der Waals surface area contributed by atoms with Gasteiger partial charge in [0.1, 0.15) is 5.78 Å². The van der Waals surface area contributed by atoms with Crippen molar-refractivity contribution in [2.75, 3.05) is 5.32 Å². The molecule has 0 radical (unpaired) electrons.